The molecule has 0 aliphatic heterocycles. The van der Waals surface area contributed by atoms with Crippen LogP contribution < -0.4 is 0 Å². The van der Waals surface area contributed by atoms with Crippen LogP contribution in [0.5, 0.6) is 0 Å². The highest BCUT2D eigenvalue weighted by Crippen LogP contribution is 2.17. The van der Waals surface area contributed by atoms with E-state index in [1.54, 1.807) is 0 Å². The van der Waals surface area contributed by atoms with Gasteiger partial charge in [0.15, 0.2) is 6.29 Å². The van der Waals surface area contributed by atoms with Gasteiger partial charge in [0.05, 0.1) is 0 Å². The summed E-state index contributed by atoms with van der Waals surface area (Å²) in [5, 5.41) is 18.0. The summed E-state index contributed by atoms with van der Waals surface area (Å²) in [4.78, 5) is 0. The predicted octanol–water partition coefficient (Wildman–Crippen LogP) is 2.30. The van der Waals surface area contributed by atoms with Crippen molar-refractivity contribution in [2.75, 3.05) is 0 Å². The Morgan fingerprint density at radius 2 is 1.53 bits per heavy atom. The number of aliphatic hydroxyl groups is 2. The van der Waals surface area contributed by atoms with Gasteiger partial charge in [-0.2, -0.15) is 0 Å². The second-order valence-electron chi connectivity index (χ2n) is 4.49. The summed E-state index contributed by atoms with van der Waals surface area (Å²) in [5.41, 5.74) is 2.47. The van der Waals surface area contributed by atoms with E-state index in [4.69, 9.17) is 10.2 Å². The molecule has 0 saturated carbocycles. The molecule has 0 aliphatic rings. The van der Waals surface area contributed by atoms with Gasteiger partial charge in [0.25, 0.3) is 0 Å². The van der Waals surface area contributed by atoms with E-state index in [1.165, 1.54) is 5.56 Å². The van der Waals surface area contributed by atoms with Crippen molar-refractivity contribution in [2.45, 2.75) is 39.4 Å². The predicted molar refractivity (Wildman–Crippen MR) is 61.6 cm³/mol. The maximum absolute atomic E-state index is 8.98. The van der Waals surface area contributed by atoms with Crippen molar-refractivity contribution in [1.29, 1.82) is 0 Å². The fourth-order valence-electron chi connectivity index (χ4n) is 1.52. The van der Waals surface area contributed by atoms with Gasteiger partial charge in [0.2, 0.25) is 0 Å². The fraction of sp³-hybridized carbons (Fsp3) is 0.538. The lowest BCUT2D eigenvalue weighted by Gasteiger charge is -2.14. The second kappa shape index (κ2) is 5.29. The minimum absolute atomic E-state index is 0.116. The van der Waals surface area contributed by atoms with E-state index in [0.29, 0.717) is 12.3 Å². The Morgan fingerprint density at radius 3 is 1.93 bits per heavy atom. The second-order valence-corrected chi connectivity index (χ2v) is 4.49. The first-order valence-electron chi connectivity index (χ1n) is 5.45. The highest BCUT2D eigenvalue weighted by Gasteiger charge is 2.11. The van der Waals surface area contributed by atoms with Crippen LogP contribution in [0.15, 0.2) is 24.3 Å². The molecule has 2 N–H and O–H groups in total. The minimum Gasteiger partial charge on any atom is -0.368 e. The van der Waals surface area contributed by atoms with Gasteiger partial charge in [-0.1, -0.05) is 45.0 Å². The summed E-state index contributed by atoms with van der Waals surface area (Å²) in [6, 6.07) is 8.34. The van der Waals surface area contributed by atoms with Crippen molar-refractivity contribution >= 4 is 0 Å². The molecule has 1 rings (SSSR count). The minimum atomic E-state index is -1.23. The average molecular weight is 208 g/mol. The maximum Gasteiger partial charge on any atom is 0.154 e. The Balaban J connectivity index is 2.64. The molecule has 0 fully saturated rings. The molecule has 2 nitrogen and oxygen atoms in total. The Hall–Kier alpha value is -0.860. The zero-order chi connectivity index (χ0) is 11.4. The molecule has 0 aliphatic carbocycles. The quantitative estimate of drug-likeness (QED) is 0.745. The van der Waals surface area contributed by atoms with Crippen LogP contribution in [0.25, 0.3) is 0 Å². The zero-order valence-electron chi connectivity index (χ0n) is 9.64. The smallest absolute Gasteiger partial charge is 0.154 e. The molecule has 1 atom stereocenters. The highest BCUT2D eigenvalue weighted by molar-refractivity contribution is 5.24. The Labute approximate surface area is 91.6 Å². The van der Waals surface area contributed by atoms with Gasteiger partial charge in [-0.25, -0.2) is 0 Å². The van der Waals surface area contributed by atoms with Crippen molar-refractivity contribution in [3.63, 3.8) is 0 Å². The molecular weight excluding hydrogens is 188 g/mol. The van der Waals surface area contributed by atoms with Gasteiger partial charge >= 0.3 is 0 Å². The van der Waals surface area contributed by atoms with E-state index in [9.17, 15) is 0 Å². The van der Waals surface area contributed by atoms with Gasteiger partial charge in [-0.05, 0) is 23.5 Å². The molecule has 1 unspecified atom stereocenters. The first kappa shape index (κ1) is 12.2. The molecule has 0 aromatic heterocycles. The molecule has 0 bridgehead atoms. The molecule has 2 heteroatoms. The third-order valence-corrected chi connectivity index (χ3v) is 2.71. The molecule has 0 amide bonds. The summed E-state index contributed by atoms with van der Waals surface area (Å²) in [5.74, 6) is 0.426. The Morgan fingerprint density at radius 1 is 1.00 bits per heavy atom. The lowest BCUT2D eigenvalue weighted by molar-refractivity contribution is -0.0780. The van der Waals surface area contributed by atoms with Gasteiger partial charge < -0.3 is 10.2 Å². The monoisotopic (exact) mass is 208 g/mol. The van der Waals surface area contributed by atoms with E-state index < -0.39 is 6.29 Å². The van der Waals surface area contributed by atoms with Gasteiger partial charge in [0.1, 0.15) is 0 Å². The van der Waals surface area contributed by atoms with Crippen molar-refractivity contribution in [3.8, 4) is 0 Å². The Bertz CT molecular complexity index is 288. The number of hydrogen-bond donors (Lipinski definition) is 2. The van der Waals surface area contributed by atoms with Crippen LogP contribution >= 0.6 is 0 Å². The van der Waals surface area contributed by atoms with Crippen molar-refractivity contribution in [1.82, 2.24) is 0 Å². The van der Waals surface area contributed by atoms with Gasteiger partial charge in [-0.15, -0.1) is 0 Å². The van der Waals surface area contributed by atoms with Crippen LogP contribution in [0.4, 0.5) is 0 Å². The molecule has 1 aromatic carbocycles. The van der Waals surface area contributed by atoms with Gasteiger partial charge in [-0.3, -0.25) is 0 Å². The van der Waals surface area contributed by atoms with E-state index >= 15 is 0 Å². The molecule has 0 heterocycles. The lowest BCUT2D eigenvalue weighted by atomic mass is 9.97. The fourth-order valence-corrected chi connectivity index (χ4v) is 1.52. The normalized spacial score (nSPS) is 13.5. The van der Waals surface area contributed by atoms with Crippen LogP contribution in [0.2, 0.25) is 0 Å². The topological polar surface area (TPSA) is 40.5 Å². The van der Waals surface area contributed by atoms with Crippen molar-refractivity contribution in [3.05, 3.63) is 35.4 Å². The Kier molecular flexibility index (Phi) is 4.30. The summed E-state index contributed by atoms with van der Waals surface area (Å²) in [6.45, 7) is 6.16. The summed E-state index contributed by atoms with van der Waals surface area (Å²) >= 11 is 0. The summed E-state index contributed by atoms with van der Waals surface area (Å²) in [6.07, 6.45) is -0.523. The average Bonchev–Trinajstić information content (AvgIpc) is 2.18. The van der Waals surface area contributed by atoms with Crippen LogP contribution in [0.3, 0.4) is 0 Å². The van der Waals surface area contributed by atoms with Crippen LogP contribution in [0, 0.1) is 5.92 Å². The molecule has 84 valence electrons. The van der Waals surface area contributed by atoms with Crippen LogP contribution in [-0.2, 0) is 6.42 Å². The van der Waals surface area contributed by atoms with E-state index in [2.05, 4.69) is 38.1 Å². The third-order valence-electron chi connectivity index (χ3n) is 2.71. The first-order chi connectivity index (χ1) is 7.00. The number of benzene rings is 1. The van der Waals surface area contributed by atoms with Gasteiger partial charge in [0, 0.05) is 5.92 Å². The highest BCUT2D eigenvalue weighted by atomic mass is 16.5. The van der Waals surface area contributed by atoms with Crippen molar-refractivity contribution in [2.24, 2.45) is 5.92 Å². The largest absolute Gasteiger partial charge is 0.368 e. The molecule has 0 saturated heterocycles. The number of rotatable bonds is 4. The number of aliphatic hydroxyl groups excluding tert-OH is 1. The van der Waals surface area contributed by atoms with E-state index in [0.717, 1.165) is 5.56 Å². The molecule has 1 aromatic rings. The molecule has 0 radical (unpaired) electrons. The van der Waals surface area contributed by atoms with E-state index in [-0.39, 0.29) is 5.92 Å². The lowest BCUT2D eigenvalue weighted by Crippen LogP contribution is -2.18. The summed E-state index contributed by atoms with van der Waals surface area (Å²) < 4.78 is 0. The van der Waals surface area contributed by atoms with Crippen LogP contribution in [0.1, 0.15) is 37.8 Å². The van der Waals surface area contributed by atoms with E-state index in [1.807, 2.05) is 6.92 Å². The molecule has 15 heavy (non-hydrogen) atoms. The summed E-state index contributed by atoms with van der Waals surface area (Å²) in [7, 11) is 0. The number of hydrogen-bond acceptors (Lipinski definition) is 2. The maximum atomic E-state index is 8.98. The first-order valence-corrected chi connectivity index (χ1v) is 5.45. The molecular formula is C13H20O2. The van der Waals surface area contributed by atoms with Crippen molar-refractivity contribution < 1.29 is 10.2 Å². The van der Waals surface area contributed by atoms with Crippen LogP contribution in [-0.4, -0.2) is 16.5 Å². The zero-order valence-corrected chi connectivity index (χ0v) is 9.64. The SMILES string of the molecule is CC(C)c1ccc(CC(C)C(O)O)cc1. The molecule has 0 spiro atoms. The standard InChI is InChI=1S/C13H20O2/c1-9(2)12-6-4-11(5-7-12)8-10(3)13(14)15/h4-7,9-10,13-15H,8H2,1-3H3. The third kappa shape index (κ3) is 3.65.